The van der Waals surface area contributed by atoms with E-state index in [0.29, 0.717) is 0 Å². The number of rotatable bonds is 2. The maximum absolute atomic E-state index is 10.1. The van der Waals surface area contributed by atoms with Crippen LogP contribution in [0.1, 0.15) is 0 Å². The maximum atomic E-state index is 10.1. The van der Waals surface area contributed by atoms with E-state index in [-0.39, 0.29) is 6.54 Å². The number of hydrogen-bond donors (Lipinski definition) is 1. The van der Waals surface area contributed by atoms with Crippen LogP contribution in [0, 0.1) is 6.92 Å². The van der Waals surface area contributed by atoms with Crippen LogP contribution in [-0.2, 0) is 9.59 Å². The largest absolute Gasteiger partial charge is 0.480 e. The predicted molar refractivity (Wildman–Crippen MR) is 29.6 cm³/mol. The van der Waals surface area contributed by atoms with E-state index < -0.39 is 11.9 Å². The maximum Gasteiger partial charge on any atom is 0.323 e. The molecule has 0 heterocycles. The first-order chi connectivity index (χ1) is 4.04. The quantitative estimate of drug-likeness (QED) is 0.533. The van der Waals surface area contributed by atoms with Gasteiger partial charge < -0.3 is 10.0 Å². The monoisotopic (exact) mass is 129 g/mol. The summed E-state index contributed by atoms with van der Waals surface area (Å²) in [5, 5.41) is 8.08. The van der Waals surface area contributed by atoms with Crippen molar-refractivity contribution in [3.8, 4) is 0 Å². The van der Waals surface area contributed by atoms with Crippen molar-refractivity contribution >= 4 is 11.9 Å². The summed E-state index contributed by atoms with van der Waals surface area (Å²) >= 11 is 0. The smallest absolute Gasteiger partial charge is 0.323 e. The second-order valence-corrected chi connectivity index (χ2v) is 1.59. The van der Waals surface area contributed by atoms with E-state index in [9.17, 15) is 9.59 Å². The van der Waals surface area contributed by atoms with Gasteiger partial charge in [-0.3, -0.25) is 9.59 Å². The third-order valence-corrected chi connectivity index (χ3v) is 0.749. The molecule has 0 atom stereocenters. The Bertz CT molecular complexity index is 132. The van der Waals surface area contributed by atoms with Crippen molar-refractivity contribution in [3.05, 3.63) is 6.92 Å². The van der Waals surface area contributed by atoms with Gasteiger partial charge in [0.05, 0.1) is 6.92 Å². The van der Waals surface area contributed by atoms with Gasteiger partial charge in [-0.05, 0) is 0 Å². The molecule has 0 fully saturated rings. The number of carbonyl (C=O) groups excluding carboxylic acids is 1. The Morgan fingerprint density at radius 3 is 2.22 bits per heavy atom. The van der Waals surface area contributed by atoms with Gasteiger partial charge in [-0.2, -0.15) is 0 Å². The molecule has 0 aromatic heterocycles. The Labute approximate surface area is 53.1 Å². The van der Waals surface area contributed by atoms with E-state index >= 15 is 0 Å². The van der Waals surface area contributed by atoms with Crippen LogP contribution in [0.3, 0.4) is 0 Å². The molecular formula is C5H7NO3. The fourth-order valence-electron chi connectivity index (χ4n) is 0.281. The molecule has 0 aromatic carbocycles. The van der Waals surface area contributed by atoms with Crippen LogP contribution in [0.2, 0.25) is 0 Å². The summed E-state index contributed by atoms with van der Waals surface area (Å²) in [7, 11) is 1.32. The van der Waals surface area contributed by atoms with Crippen LogP contribution < -0.4 is 0 Å². The normalized spacial score (nSPS) is 8.67. The Morgan fingerprint density at radius 2 is 2.11 bits per heavy atom. The predicted octanol–water partition coefficient (Wildman–Crippen LogP) is -0.760. The average molecular weight is 129 g/mol. The Kier molecular flexibility index (Phi) is 2.70. The standard InChI is InChI=1S/C5H7NO3/c1-4(7)6(2)3-5(8)9/h1H,3H2,2H3,(H,8,9). The topological polar surface area (TPSA) is 57.6 Å². The van der Waals surface area contributed by atoms with Crippen molar-refractivity contribution in [2.24, 2.45) is 0 Å². The summed E-state index contributed by atoms with van der Waals surface area (Å²) in [5.41, 5.74) is 0. The molecule has 0 aliphatic rings. The summed E-state index contributed by atoms with van der Waals surface area (Å²) in [4.78, 5) is 20.9. The number of likely N-dealkylation sites (N-methyl/N-ethyl adjacent to an activating group) is 1. The number of carboxylic acids is 1. The van der Waals surface area contributed by atoms with Crippen LogP contribution in [0.15, 0.2) is 0 Å². The minimum absolute atomic E-state index is 0.352. The molecule has 0 saturated heterocycles. The lowest BCUT2D eigenvalue weighted by Crippen LogP contribution is -2.29. The molecule has 0 aromatic rings. The van der Waals surface area contributed by atoms with Crippen molar-refractivity contribution < 1.29 is 14.7 Å². The zero-order valence-corrected chi connectivity index (χ0v) is 5.00. The van der Waals surface area contributed by atoms with E-state index in [1.807, 2.05) is 0 Å². The highest BCUT2D eigenvalue weighted by atomic mass is 16.4. The molecule has 4 heteroatoms. The highest BCUT2D eigenvalue weighted by molar-refractivity contribution is 5.83. The highest BCUT2D eigenvalue weighted by Gasteiger charge is 2.05. The van der Waals surface area contributed by atoms with Gasteiger partial charge >= 0.3 is 5.97 Å². The van der Waals surface area contributed by atoms with Gasteiger partial charge in [0.15, 0.2) is 0 Å². The van der Waals surface area contributed by atoms with E-state index in [2.05, 4.69) is 0 Å². The van der Waals surface area contributed by atoms with Crippen LogP contribution in [-0.4, -0.2) is 35.5 Å². The number of nitrogens with zero attached hydrogens (tertiary/aromatic N) is 1. The number of carboxylic acid groups (broad SMARTS) is 1. The molecule has 50 valence electrons. The fourth-order valence-corrected chi connectivity index (χ4v) is 0.281. The van der Waals surface area contributed by atoms with Crippen molar-refractivity contribution in [1.29, 1.82) is 0 Å². The summed E-state index contributed by atoms with van der Waals surface area (Å²) < 4.78 is 0. The Hall–Kier alpha value is -1.06. The molecule has 0 aliphatic heterocycles. The van der Waals surface area contributed by atoms with Crippen LogP contribution in [0.5, 0.6) is 0 Å². The van der Waals surface area contributed by atoms with Gasteiger partial charge in [0.1, 0.15) is 6.54 Å². The zero-order valence-electron chi connectivity index (χ0n) is 5.00. The van der Waals surface area contributed by atoms with Crippen molar-refractivity contribution in [3.63, 3.8) is 0 Å². The first kappa shape index (κ1) is 7.94. The molecule has 1 N–H and O–H groups in total. The molecule has 1 amide bonds. The van der Waals surface area contributed by atoms with Gasteiger partial charge in [-0.15, -0.1) is 0 Å². The SMILES string of the molecule is [CH]C(=O)N(C)CC(=O)O. The lowest BCUT2D eigenvalue weighted by molar-refractivity contribution is -0.141. The fraction of sp³-hybridized carbons (Fsp3) is 0.400. The van der Waals surface area contributed by atoms with E-state index in [1.165, 1.54) is 7.05 Å². The molecule has 0 spiro atoms. The third-order valence-electron chi connectivity index (χ3n) is 0.749. The second-order valence-electron chi connectivity index (χ2n) is 1.59. The van der Waals surface area contributed by atoms with Gasteiger partial charge in [-0.25, -0.2) is 0 Å². The molecule has 9 heavy (non-hydrogen) atoms. The summed E-state index contributed by atoms with van der Waals surface area (Å²) in [6, 6.07) is 0. The average Bonchev–Trinajstić information content (AvgIpc) is 1.63. The summed E-state index contributed by atoms with van der Waals surface area (Å²) in [6.07, 6.45) is 0. The first-order valence-electron chi connectivity index (χ1n) is 2.26. The molecule has 0 aliphatic carbocycles. The molecule has 4 nitrogen and oxygen atoms in total. The van der Waals surface area contributed by atoms with Crippen LogP contribution in [0.4, 0.5) is 0 Å². The molecule has 0 saturated carbocycles. The number of amides is 1. The lowest BCUT2D eigenvalue weighted by atomic mass is 10.5. The number of carbonyl (C=O) groups is 2. The summed E-state index contributed by atoms with van der Waals surface area (Å²) in [5.74, 6) is -1.81. The number of hydrogen-bond acceptors (Lipinski definition) is 2. The van der Waals surface area contributed by atoms with Gasteiger partial charge in [-0.1, -0.05) is 0 Å². The van der Waals surface area contributed by atoms with Crippen LogP contribution >= 0.6 is 0 Å². The molecular weight excluding hydrogens is 122 g/mol. The first-order valence-corrected chi connectivity index (χ1v) is 2.26. The second kappa shape index (κ2) is 3.06. The minimum Gasteiger partial charge on any atom is -0.480 e. The van der Waals surface area contributed by atoms with Crippen LogP contribution in [0.25, 0.3) is 0 Å². The zero-order chi connectivity index (χ0) is 7.44. The number of aliphatic carboxylic acids is 1. The minimum atomic E-state index is -1.07. The van der Waals surface area contributed by atoms with Crippen molar-refractivity contribution in [2.45, 2.75) is 0 Å². The highest BCUT2D eigenvalue weighted by Crippen LogP contribution is 1.80. The van der Waals surface area contributed by atoms with E-state index in [0.717, 1.165) is 4.90 Å². The molecule has 0 unspecified atom stereocenters. The van der Waals surface area contributed by atoms with Gasteiger partial charge in [0, 0.05) is 7.05 Å². The molecule has 2 radical (unpaired) electrons. The summed E-state index contributed by atoms with van der Waals surface area (Å²) in [6.45, 7) is 4.36. The van der Waals surface area contributed by atoms with Crippen molar-refractivity contribution in [2.75, 3.05) is 13.6 Å². The van der Waals surface area contributed by atoms with Gasteiger partial charge in [0.25, 0.3) is 0 Å². The lowest BCUT2D eigenvalue weighted by Gasteiger charge is -2.09. The Balaban J connectivity index is 3.63. The van der Waals surface area contributed by atoms with E-state index in [1.54, 1.807) is 0 Å². The third kappa shape index (κ3) is 3.52. The molecule has 0 rings (SSSR count). The molecule has 0 bridgehead atoms. The Morgan fingerprint density at radius 1 is 1.67 bits per heavy atom. The van der Waals surface area contributed by atoms with Gasteiger partial charge in [0.2, 0.25) is 5.91 Å². The van der Waals surface area contributed by atoms with E-state index in [4.69, 9.17) is 12.0 Å². The van der Waals surface area contributed by atoms with Crippen molar-refractivity contribution in [1.82, 2.24) is 4.90 Å².